The fourth-order valence-corrected chi connectivity index (χ4v) is 4.19. The highest BCUT2D eigenvalue weighted by atomic mass is 19.4. The first-order valence-electron chi connectivity index (χ1n) is 10.6. The first-order valence-corrected chi connectivity index (χ1v) is 10.6. The molecule has 0 unspecified atom stereocenters. The Kier molecular flexibility index (Phi) is 5.69. The van der Waals surface area contributed by atoms with Gasteiger partial charge in [-0.1, -0.05) is 0 Å². The zero-order valence-electron chi connectivity index (χ0n) is 17.9. The largest absolute Gasteiger partial charge is 0.574 e. The number of hydrogen-bond acceptors (Lipinski definition) is 7. The molecule has 4 heterocycles. The number of anilines is 1. The third kappa shape index (κ3) is 4.84. The van der Waals surface area contributed by atoms with Crippen LogP contribution in [-0.4, -0.2) is 33.5 Å². The van der Waals surface area contributed by atoms with E-state index in [1.807, 2.05) is 0 Å². The highest BCUT2D eigenvalue weighted by molar-refractivity contribution is 5.48. The summed E-state index contributed by atoms with van der Waals surface area (Å²) in [4.78, 5) is 21.7. The van der Waals surface area contributed by atoms with Gasteiger partial charge in [-0.15, -0.1) is 13.2 Å². The van der Waals surface area contributed by atoms with Crippen LogP contribution in [0, 0.1) is 11.6 Å². The van der Waals surface area contributed by atoms with Gasteiger partial charge in [0.1, 0.15) is 18.2 Å². The molecule has 0 bridgehead atoms. The lowest BCUT2D eigenvalue weighted by Crippen LogP contribution is -2.24. The Morgan fingerprint density at radius 1 is 1.09 bits per heavy atom. The van der Waals surface area contributed by atoms with Crippen LogP contribution in [0.3, 0.4) is 0 Å². The highest BCUT2D eigenvalue weighted by Crippen LogP contribution is 2.34. The zero-order valence-corrected chi connectivity index (χ0v) is 17.9. The predicted molar refractivity (Wildman–Crippen MR) is 111 cm³/mol. The fourth-order valence-electron chi connectivity index (χ4n) is 4.19. The molecule has 5 rings (SSSR count). The van der Waals surface area contributed by atoms with E-state index in [4.69, 9.17) is 9.47 Å². The standard InChI is InChI=1S/C22H17F5N4O4/c23-15-6-12(7-16(24)20(15)34-14-3-4-28-17(8-14)35-22(25,26)27)11-33-18-9-19-30-5-1-2-13(30)10-31(19)21(32)29-18/h3-4,6-9,13H,1-2,5,10-11H2/t13-/m1/s1. The molecule has 184 valence electrons. The highest BCUT2D eigenvalue weighted by Gasteiger charge is 2.34. The van der Waals surface area contributed by atoms with Gasteiger partial charge in [-0.2, -0.15) is 4.98 Å². The molecule has 2 aliphatic heterocycles. The minimum atomic E-state index is -4.99. The molecule has 2 aromatic heterocycles. The lowest BCUT2D eigenvalue weighted by molar-refractivity contribution is -0.276. The molecule has 13 heteroatoms. The Bertz CT molecular complexity index is 1310. The van der Waals surface area contributed by atoms with E-state index in [2.05, 4.69) is 19.6 Å². The van der Waals surface area contributed by atoms with Crippen molar-refractivity contribution in [1.29, 1.82) is 0 Å². The van der Waals surface area contributed by atoms with E-state index in [1.54, 1.807) is 10.6 Å². The van der Waals surface area contributed by atoms with E-state index in [0.717, 1.165) is 49.8 Å². The quantitative estimate of drug-likeness (QED) is 0.474. The van der Waals surface area contributed by atoms with Crippen LogP contribution in [0.1, 0.15) is 18.4 Å². The number of rotatable bonds is 6. The van der Waals surface area contributed by atoms with E-state index >= 15 is 0 Å². The van der Waals surface area contributed by atoms with Crippen LogP contribution in [0.5, 0.6) is 23.3 Å². The molecule has 0 amide bonds. The van der Waals surface area contributed by atoms with Crippen molar-refractivity contribution in [3.63, 3.8) is 0 Å². The molecule has 0 spiro atoms. The molecule has 0 N–H and O–H groups in total. The topological polar surface area (TPSA) is 78.7 Å². The average Bonchev–Trinajstić information content (AvgIpc) is 3.36. The van der Waals surface area contributed by atoms with Crippen molar-refractivity contribution in [2.75, 3.05) is 11.4 Å². The van der Waals surface area contributed by atoms with Crippen molar-refractivity contribution in [3.8, 4) is 23.3 Å². The number of halogens is 5. The maximum Gasteiger partial charge on any atom is 0.574 e. The molecule has 1 atom stereocenters. The number of nitrogens with zero attached hydrogens (tertiary/aromatic N) is 4. The first-order chi connectivity index (χ1) is 16.7. The van der Waals surface area contributed by atoms with E-state index in [0.29, 0.717) is 12.4 Å². The van der Waals surface area contributed by atoms with Gasteiger partial charge in [0, 0.05) is 37.5 Å². The molecule has 1 saturated heterocycles. The van der Waals surface area contributed by atoms with E-state index in [9.17, 15) is 26.7 Å². The van der Waals surface area contributed by atoms with Crippen molar-refractivity contribution >= 4 is 5.82 Å². The Hall–Kier alpha value is -3.90. The third-order valence-electron chi connectivity index (χ3n) is 5.62. The smallest absolute Gasteiger partial charge is 0.473 e. The van der Waals surface area contributed by atoms with Crippen molar-refractivity contribution in [3.05, 3.63) is 64.2 Å². The van der Waals surface area contributed by atoms with E-state index in [1.165, 1.54) is 0 Å². The molecule has 0 saturated carbocycles. The summed E-state index contributed by atoms with van der Waals surface area (Å²) >= 11 is 0. The van der Waals surface area contributed by atoms with E-state index in [-0.39, 0.29) is 29.8 Å². The maximum absolute atomic E-state index is 14.6. The third-order valence-corrected chi connectivity index (χ3v) is 5.62. The van der Waals surface area contributed by atoms with Crippen LogP contribution >= 0.6 is 0 Å². The van der Waals surface area contributed by atoms with Crippen molar-refractivity contribution in [1.82, 2.24) is 14.5 Å². The average molecular weight is 496 g/mol. The van der Waals surface area contributed by atoms with Gasteiger partial charge in [0.15, 0.2) is 17.4 Å². The van der Waals surface area contributed by atoms with Crippen LogP contribution in [-0.2, 0) is 13.2 Å². The van der Waals surface area contributed by atoms with E-state index < -0.39 is 35.3 Å². The predicted octanol–water partition coefficient (Wildman–Crippen LogP) is 4.17. The Labute approximate surface area is 194 Å². The molecule has 1 fully saturated rings. The summed E-state index contributed by atoms with van der Waals surface area (Å²) in [6, 6.07) is 5.63. The first kappa shape index (κ1) is 22.9. The summed E-state index contributed by atoms with van der Waals surface area (Å²) < 4.78 is 82.0. The zero-order chi connectivity index (χ0) is 24.7. The molecule has 1 aromatic carbocycles. The second-order valence-corrected chi connectivity index (χ2v) is 7.99. The molecule has 2 aliphatic rings. The SMILES string of the molecule is O=c1nc(OCc2cc(F)c(Oc3ccnc(OC(F)(F)F)c3)c(F)c2)cc2n1C[C@H]1CCCN21. The van der Waals surface area contributed by atoms with Gasteiger partial charge in [-0.3, -0.25) is 4.57 Å². The normalized spacial score (nSPS) is 16.7. The van der Waals surface area contributed by atoms with Gasteiger partial charge in [0.05, 0.1) is 0 Å². The second-order valence-electron chi connectivity index (χ2n) is 7.99. The monoisotopic (exact) mass is 496 g/mol. The van der Waals surface area contributed by atoms with Crippen molar-refractivity contribution in [2.45, 2.75) is 38.4 Å². The number of fused-ring (bicyclic) bond motifs is 3. The summed E-state index contributed by atoms with van der Waals surface area (Å²) in [5, 5.41) is 0. The lowest BCUT2D eigenvalue weighted by Gasteiger charge is -2.17. The Balaban J connectivity index is 1.30. The molecule has 35 heavy (non-hydrogen) atoms. The maximum atomic E-state index is 14.6. The number of ether oxygens (including phenoxy) is 3. The lowest BCUT2D eigenvalue weighted by atomic mass is 10.2. The van der Waals surface area contributed by atoms with Gasteiger partial charge >= 0.3 is 12.1 Å². The number of aromatic nitrogens is 3. The van der Waals surface area contributed by atoms with Gasteiger partial charge < -0.3 is 19.1 Å². The molecule has 0 aliphatic carbocycles. The minimum absolute atomic E-state index is 0.0314. The van der Waals surface area contributed by atoms with Gasteiger partial charge in [-0.05, 0) is 36.6 Å². The van der Waals surface area contributed by atoms with Crippen LogP contribution in [0.2, 0.25) is 0 Å². The van der Waals surface area contributed by atoms with Gasteiger partial charge in [-0.25, -0.2) is 18.6 Å². The van der Waals surface area contributed by atoms with Crippen LogP contribution < -0.4 is 24.8 Å². The molecular formula is C22H17F5N4O4. The number of benzene rings is 1. The minimum Gasteiger partial charge on any atom is -0.473 e. The molecule has 0 radical (unpaired) electrons. The second kappa shape index (κ2) is 8.71. The summed E-state index contributed by atoms with van der Waals surface area (Å²) in [5.74, 6) is -3.48. The molecule has 8 nitrogen and oxygen atoms in total. The Morgan fingerprint density at radius 2 is 1.86 bits per heavy atom. The number of alkyl halides is 3. The van der Waals surface area contributed by atoms with Crippen LogP contribution in [0.15, 0.2) is 41.3 Å². The van der Waals surface area contributed by atoms with Crippen LogP contribution in [0.4, 0.5) is 27.8 Å². The Morgan fingerprint density at radius 3 is 2.60 bits per heavy atom. The summed E-state index contributed by atoms with van der Waals surface area (Å²) in [6.07, 6.45) is -2.04. The van der Waals surface area contributed by atoms with Gasteiger partial charge in [0.25, 0.3) is 0 Å². The fraction of sp³-hybridized carbons (Fsp3) is 0.318. The summed E-state index contributed by atoms with van der Waals surface area (Å²) in [6.45, 7) is 1.11. The molecule has 3 aromatic rings. The van der Waals surface area contributed by atoms with Crippen molar-refractivity contribution in [2.24, 2.45) is 0 Å². The van der Waals surface area contributed by atoms with Gasteiger partial charge in [0.2, 0.25) is 11.8 Å². The van der Waals surface area contributed by atoms with Crippen molar-refractivity contribution < 1.29 is 36.2 Å². The van der Waals surface area contributed by atoms with Crippen LogP contribution in [0.25, 0.3) is 0 Å². The molecular weight excluding hydrogens is 479 g/mol. The number of hydrogen-bond donors (Lipinski definition) is 0. The number of pyridine rings is 1. The summed E-state index contributed by atoms with van der Waals surface area (Å²) in [5.41, 5.74) is -0.371. The summed E-state index contributed by atoms with van der Waals surface area (Å²) in [7, 11) is 0.